The standard InChI is InChI=1S/C36H30N6O4S2/c43-31(23-47-35-37-29-17-9-7-15-27(29)33(45)41(35)25-11-3-1-4-12-25)39-19-21-40(22-20-39)32(44)24-48-36-38-30-18-10-8-16-28(30)34(46)42(36)26-13-5-2-6-14-26/h1-18H,19-24H2. The highest BCUT2D eigenvalue weighted by molar-refractivity contribution is 8.00. The van der Waals surface area contributed by atoms with E-state index in [1.807, 2.05) is 84.9 Å². The normalized spacial score (nSPS) is 13.2. The lowest BCUT2D eigenvalue weighted by molar-refractivity contribution is -0.136. The Morgan fingerprint density at radius 3 is 1.27 bits per heavy atom. The van der Waals surface area contributed by atoms with Crippen LogP contribution in [0.15, 0.2) is 129 Å². The van der Waals surface area contributed by atoms with Gasteiger partial charge in [-0.2, -0.15) is 0 Å². The van der Waals surface area contributed by atoms with Gasteiger partial charge in [-0.25, -0.2) is 9.97 Å². The fourth-order valence-corrected chi connectivity index (χ4v) is 7.50. The SMILES string of the molecule is O=C(CSc1nc2ccccc2c(=O)n1-c1ccccc1)N1CCN(C(=O)CSc2nc3ccccc3c(=O)n2-c2ccccc2)CC1. The number of rotatable bonds is 8. The Balaban J connectivity index is 1.00. The number of carbonyl (C=O) groups is 2. The summed E-state index contributed by atoms with van der Waals surface area (Å²) >= 11 is 2.46. The minimum atomic E-state index is -0.189. The molecule has 2 amide bonds. The van der Waals surface area contributed by atoms with Crippen molar-refractivity contribution in [1.82, 2.24) is 28.9 Å². The molecule has 0 N–H and O–H groups in total. The maximum atomic E-state index is 13.5. The Labute approximate surface area is 284 Å². The third-order valence-electron chi connectivity index (χ3n) is 8.15. The minimum Gasteiger partial charge on any atom is -0.338 e. The van der Waals surface area contributed by atoms with Gasteiger partial charge in [0.25, 0.3) is 11.1 Å². The number of piperazine rings is 1. The molecule has 10 nitrogen and oxygen atoms in total. The molecule has 0 saturated carbocycles. The number of carbonyl (C=O) groups excluding carboxylic acids is 2. The number of hydrogen-bond donors (Lipinski definition) is 0. The van der Waals surface area contributed by atoms with E-state index in [1.54, 1.807) is 43.2 Å². The number of fused-ring (bicyclic) bond motifs is 2. The molecule has 1 saturated heterocycles. The van der Waals surface area contributed by atoms with Crippen molar-refractivity contribution in [1.29, 1.82) is 0 Å². The predicted octanol–water partition coefficient (Wildman–Crippen LogP) is 4.64. The van der Waals surface area contributed by atoms with Crippen LogP contribution in [0.25, 0.3) is 33.2 Å². The highest BCUT2D eigenvalue weighted by Crippen LogP contribution is 2.24. The zero-order chi connectivity index (χ0) is 33.0. The Morgan fingerprint density at radius 1 is 0.521 bits per heavy atom. The molecule has 240 valence electrons. The molecule has 1 aliphatic rings. The molecular weight excluding hydrogens is 645 g/mol. The first-order valence-electron chi connectivity index (χ1n) is 15.4. The third kappa shape index (κ3) is 6.36. The van der Waals surface area contributed by atoms with Crippen molar-refractivity contribution in [3.63, 3.8) is 0 Å². The van der Waals surface area contributed by atoms with Gasteiger partial charge >= 0.3 is 0 Å². The first-order chi connectivity index (χ1) is 23.5. The fourth-order valence-electron chi connectivity index (χ4n) is 5.67. The van der Waals surface area contributed by atoms with Crippen LogP contribution in [0, 0.1) is 0 Å². The van der Waals surface area contributed by atoms with Crippen molar-refractivity contribution in [2.45, 2.75) is 10.3 Å². The smallest absolute Gasteiger partial charge is 0.266 e. The molecule has 0 unspecified atom stereocenters. The van der Waals surface area contributed by atoms with Crippen LogP contribution in [0.4, 0.5) is 0 Å². The monoisotopic (exact) mass is 674 g/mol. The molecule has 6 aromatic rings. The molecule has 4 aromatic carbocycles. The fraction of sp³-hybridized carbons (Fsp3) is 0.167. The van der Waals surface area contributed by atoms with E-state index in [0.29, 0.717) is 69.7 Å². The average molecular weight is 675 g/mol. The van der Waals surface area contributed by atoms with Gasteiger partial charge in [0, 0.05) is 26.2 Å². The molecule has 1 aliphatic heterocycles. The van der Waals surface area contributed by atoms with E-state index in [1.165, 1.54) is 23.5 Å². The van der Waals surface area contributed by atoms with Crippen LogP contribution in [-0.4, -0.2) is 78.4 Å². The van der Waals surface area contributed by atoms with Crippen molar-refractivity contribution in [2.24, 2.45) is 0 Å². The number of hydrogen-bond acceptors (Lipinski definition) is 8. The summed E-state index contributed by atoms with van der Waals surface area (Å²) in [5.41, 5.74) is 2.14. The summed E-state index contributed by atoms with van der Waals surface area (Å²) < 4.78 is 3.10. The predicted molar refractivity (Wildman–Crippen MR) is 189 cm³/mol. The molecule has 0 radical (unpaired) electrons. The van der Waals surface area contributed by atoms with Crippen LogP contribution in [0.3, 0.4) is 0 Å². The summed E-state index contributed by atoms with van der Waals surface area (Å²) in [7, 11) is 0. The second-order valence-corrected chi connectivity index (χ2v) is 13.0. The maximum Gasteiger partial charge on any atom is 0.266 e. The van der Waals surface area contributed by atoms with E-state index in [-0.39, 0.29) is 34.4 Å². The van der Waals surface area contributed by atoms with Crippen LogP contribution < -0.4 is 11.1 Å². The van der Waals surface area contributed by atoms with E-state index < -0.39 is 0 Å². The molecular formula is C36H30N6O4S2. The van der Waals surface area contributed by atoms with Gasteiger partial charge in [-0.1, -0.05) is 84.2 Å². The van der Waals surface area contributed by atoms with Crippen molar-refractivity contribution in [3.05, 3.63) is 130 Å². The van der Waals surface area contributed by atoms with Crippen molar-refractivity contribution in [2.75, 3.05) is 37.7 Å². The van der Waals surface area contributed by atoms with E-state index in [2.05, 4.69) is 0 Å². The largest absolute Gasteiger partial charge is 0.338 e. The highest BCUT2D eigenvalue weighted by Gasteiger charge is 2.26. The van der Waals surface area contributed by atoms with Gasteiger partial charge < -0.3 is 9.80 Å². The van der Waals surface area contributed by atoms with Crippen LogP contribution in [0.2, 0.25) is 0 Å². The molecule has 7 rings (SSSR count). The number of aromatic nitrogens is 4. The van der Waals surface area contributed by atoms with Crippen molar-refractivity contribution >= 4 is 57.1 Å². The number of benzene rings is 4. The van der Waals surface area contributed by atoms with Gasteiger partial charge in [-0.15, -0.1) is 0 Å². The first-order valence-corrected chi connectivity index (χ1v) is 17.4. The lowest BCUT2D eigenvalue weighted by Crippen LogP contribution is -2.51. The summed E-state index contributed by atoms with van der Waals surface area (Å²) in [4.78, 5) is 66.5. The topological polar surface area (TPSA) is 110 Å². The molecule has 0 bridgehead atoms. The molecule has 0 atom stereocenters. The highest BCUT2D eigenvalue weighted by atomic mass is 32.2. The summed E-state index contributed by atoms with van der Waals surface area (Å²) in [5, 5.41) is 1.91. The number of thioether (sulfide) groups is 2. The summed E-state index contributed by atoms with van der Waals surface area (Å²) in [6.45, 7) is 1.59. The van der Waals surface area contributed by atoms with Crippen LogP contribution in [0.5, 0.6) is 0 Å². The van der Waals surface area contributed by atoms with E-state index in [9.17, 15) is 19.2 Å². The number of nitrogens with zero attached hydrogens (tertiary/aromatic N) is 6. The summed E-state index contributed by atoms with van der Waals surface area (Å²) in [6, 6.07) is 32.9. The number of para-hydroxylation sites is 4. The lowest BCUT2D eigenvalue weighted by Gasteiger charge is -2.34. The van der Waals surface area contributed by atoms with Crippen molar-refractivity contribution < 1.29 is 9.59 Å². The van der Waals surface area contributed by atoms with Gasteiger partial charge in [0.05, 0.1) is 44.7 Å². The van der Waals surface area contributed by atoms with E-state index in [4.69, 9.17) is 9.97 Å². The van der Waals surface area contributed by atoms with Crippen LogP contribution >= 0.6 is 23.5 Å². The minimum absolute atomic E-state index is 0.0873. The quantitative estimate of drug-likeness (QED) is 0.170. The van der Waals surface area contributed by atoms with Crippen LogP contribution in [-0.2, 0) is 9.59 Å². The Morgan fingerprint density at radius 2 is 0.875 bits per heavy atom. The average Bonchev–Trinajstić information content (AvgIpc) is 3.13. The van der Waals surface area contributed by atoms with Gasteiger partial charge in [0.2, 0.25) is 11.8 Å². The Bertz CT molecular complexity index is 2090. The molecule has 0 spiro atoms. The second-order valence-electron chi connectivity index (χ2n) is 11.1. The molecule has 3 heterocycles. The third-order valence-corrected chi connectivity index (χ3v) is 10.00. The first kappa shape index (κ1) is 31.4. The van der Waals surface area contributed by atoms with Gasteiger partial charge in [-0.05, 0) is 48.5 Å². The van der Waals surface area contributed by atoms with Gasteiger partial charge in [0.15, 0.2) is 10.3 Å². The summed E-state index contributed by atoms with van der Waals surface area (Å²) in [5.74, 6) is 0.0319. The van der Waals surface area contributed by atoms with Crippen LogP contribution in [0.1, 0.15) is 0 Å². The zero-order valence-corrected chi connectivity index (χ0v) is 27.4. The maximum absolute atomic E-state index is 13.5. The molecule has 12 heteroatoms. The van der Waals surface area contributed by atoms with Crippen molar-refractivity contribution in [3.8, 4) is 11.4 Å². The van der Waals surface area contributed by atoms with E-state index in [0.717, 1.165) is 0 Å². The Kier molecular flexibility index (Phi) is 9.08. The van der Waals surface area contributed by atoms with Gasteiger partial charge in [0.1, 0.15) is 0 Å². The lowest BCUT2D eigenvalue weighted by atomic mass is 10.2. The molecule has 1 fully saturated rings. The molecule has 48 heavy (non-hydrogen) atoms. The molecule has 2 aromatic heterocycles. The van der Waals surface area contributed by atoms with E-state index >= 15 is 0 Å². The second kappa shape index (κ2) is 13.9. The number of amides is 2. The Hall–Kier alpha value is -5.20. The summed E-state index contributed by atoms with van der Waals surface area (Å²) in [6.07, 6.45) is 0. The van der Waals surface area contributed by atoms with Gasteiger partial charge in [-0.3, -0.25) is 28.3 Å². The molecule has 0 aliphatic carbocycles. The zero-order valence-electron chi connectivity index (χ0n) is 25.8.